The smallest absolute Gasteiger partial charge is 0.330 e. The topological polar surface area (TPSA) is 128 Å². The van der Waals surface area contributed by atoms with E-state index in [1.165, 1.54) is 20.8 Å². The maximum absolute atomic E-state index is 12.0. The van der Waals surface area contributed by atoms with E-state index >= 15 is 0 Å². The van der Waals surface area contributed by atoms with Crippen LogP contribution in [0.3, 0.4) is 0 Å². The molecule has 0 aromatic carbocycles. The van der Waals surface area contributed by atoms with Crippen molar-refractivity contribution in [3.05, 3.63) is 62.3 Å². The zero-order valence-corrected chi connectivity index (χ0v) is 18.9. The molecule has 184 valence electrons. The van der Waals surface area contributed by atoms with Crippen molar-refractivity contribution in [1.29, 1.82) is 0 Å². The van der Waals surface area contributed by atoms with Gasteiger partial charge in [0, 0.05) is 12.2 Å². The standard InChI is InChI=1S/C22H30O11/c1-9-16(23)26-11-15-19(27-17(24)10-2)18(25)21(32-29-13(5)6)22(33-30-14(7)8)20(15)31-28-12(3)4/h9-10,15,18-22,25H,1-3,5,7,11H2,4,6,8H3. The number of ether oxygens (including phenoxy) is 2. The van der Waals surface area contributed by atoms with E-state index in [0.29, 0.717) is 0 Å². The SMILES string of the molecule is C=CC(=O)OCC1C(OC(=O)C=C)C(O)C(OOC(=C)C)C(OOC(=C)C)C1OOC(=C)C. The van der Waals surface area contributed by atoms with E-state index in [0.717, 1.165) is 12.2 Å². The first-order chi connectivity index (χ1) is 15.5. The van der Waals surface area contributed by atoms with E-state index in [9.17, 15) is 14.7 Å². The van der Waals surface area contributed by atoms with Gasteiger partial charge in [0.2, 0.25) is 0 Å². The van der Waals surface area contributed by atoms with Crippen molar-refractivity contribution >= 4 is 11.9 Å². The molecule has 11 nitrogen and oxygen atoms in total. The average molecular weight is 470 g/mol. The van der Waals surface area contributed by atoms with Gasteiger partial charge in [-0.2, -0.15) is 14.7 Å². The number of allylic oxidation sites excluding steroid dienone is 3. The Morgan fingerprint density at radius 3 is 1.67 bits per heavy atom. The molecule has 6 atom stereocenters. The van der Waals surface area contributed by atoms with Crippen molar-refractivity contribution in [3.63, 3.8) is 0 Å². The normalized spacial score (nSPS) is 26.3. The molecular weight excluding hydrogens is 440 g/mol. The summed E-state index contributed by atoms with van der Waals surface area (Å²) in [5.74, 6) is -2.20. The van der Waals surface area contributed by atoms with E-state index < -0.39 is 55.0 Å². The quantitative estimate of drug-likeness (QED) is 0.132. The van der Waals surface area contributed by atoms with Crippen molar-refractivity contribution in [3.8, 4) is 0 Å². The minimum absolute atomic E-state index is 0.152. The van der Waals surface area contributed by atoms with Crippen LogP contribution in [0.5, 0.6) is 0 Å². The number of esters is 2. The zero-order chi connectivity index (χ0) is 25.1. The first-order valence-corrected chi connectivity index (χ1v) is 9.78. The number of carbonyl (C=O) groups excluding carboxylic acids is 2. The van der Waals surface area contributed by atoms with Gasteiger partial charge in [0.15, 0.2) is 12.2 Å². The largest absolute Gasteiger partial charge is 0.462 e. The van der Waals surface area contributed by atoms with Crippen molar-refractivity contribution in [2.45, 2.75) is 51.3 Å². The van der Waals surface area contributed by atoms with Gasteiger partial charge in [-0.1, -0.05) is 32.9 Å². The van der Waals surface area contributed by atoms with E-state index in [4.69, 9.17) is 38.8 Å². The Balaban J connectivity index is 3.46. The van der Waals surface area contributed by atoms with E-state index in [1.807, 2.05) is 0 Å². The molecule has 0 aliphatic heterocycles. The first-order valence-electron chi connectivity index (χ1n) is 9.78. The van der Waals surface area contributed by atoms with Crippen LogP contribution < -0.4 is 0 Å². The van der Waals surface area contributed by atoms with Crippen LogP contribution in [0.1, 0.15) is 20.8 Å². The summed E-state index contributed by atoms with van der Waals surface area (Å²) in [4.78, 5) is 55.0. The summed E-state index contributed by atoms with van der Waals surface area (Å²) >= 11 is 0. The van der Waals surface area contributed by atoms with Crippen molar-refractivity contribution < 1.29 is 53.5 Å². The lowest BCUT2D eigenvalue weighted by molar-refractivity contribution is -0.437. The minimum atomic E-state index is -1.58. The molecule has 1 fully saturated rings. The van der Waals surface area contributed by atoms with Gasteiger partial charge < -0.3 is 29.2 Å². The zero-order valence-electron chi connectivity index (χ0n) is 18.9. The maximum Gasteiger partial charge on any atom is 0.330 e. The number of aliphatic hydroxyl groups excluding tert-OH is 1. The summed E-state index contributed by atoms with van der Waals surface area (Å²) in [6, 6.07) is 0. The molecule has 11 heteroatoms. The third-order valence-electron chi connectivity index (χ3n) is 4.07. The fraction of sp³-hybridized carbons (Fsp3) is 0.455. The lowest BCUT2D eigenvalue weighted by Gasteiger charge is -2.45. The van der Waals surface area contributed by atoms with Crippen molar-refractivity contribution in [2.24, 2.45) is 5.92 Å². The molecule has 0 aromatic rings. The molecule has 1 rings (SSSR count). The van der Waals surface area contributed by atoms with Gasteiger partial charge in [-0.25, -0.2) is 9.59 Å². The molecule has 6 unspecified atom stereocenters. The van der Waals surface area contributed by atoms with Crippen LogP contribution >= 0.6 is 0 Å². The molecule has 1 saturated carbocycles. The lowest BCUT2D eigenvalue weighted by Crippen LogP contribution is -2.65. The van der Waals surface area contributed by atoms with E-state index in [2.05, 4.69) is 32.9 Å². The second-order valence-electron chi connectivity index (χ2n) is 7.13. The molecule has 0 radical (unpaired) electrons. The minimum Gasteiger partial charge on any atom is -0.462 e. The van der Waals surface area contributed by atoms with E-state index in [1.54, 1.807) is 0 Å². The van der Waals surface area contributed by atoms with Crippen LogP contribution in [-0.2, 0) is 48.4 Å². The lowest BCUT2D eigenvalue weighted by atomic mass is 9.78. The highest BCUT2D eigenvalue weighted by atomic mass is 17.2. The molecule has 1 N–H and O–H groups in total. The summed E-state index contributed by atoms with van der Waals surface area (Å²) in [6.07, 6.45) is -4.96. The summed E-state index contributed by atoms with van der Waals surface area (Å²) in [6.45, 7) is 21.5. The van der Waals surface area contributed by atoms with Crippen LogP contribution in [0, 0.1) is 5.92 Å². The molecule has 0 saturated heterocycles. The van der Waals surface area contributed by atoms with Crippen molar-refractivity contribution in [1.82, 2.24) is 0 Å². The Morgan fingerprint density at radius 1 is 0.758 bits per heavy atom. The molecule has 1 aliphatic rings. The number of hydrogen-bond donors (Lipinski definition) is 1. The third-order valence-corrected chi connectivity index (χ3v) is 4.07. The fourth-order valence-corrected chi connectivity index (χ4v) is 2.78. The number of hydrogen-bond acceptors (Lipinski definition) is 11. The summed E-state index contributed by atoms with van der Waals surface area (Å²) in [7, 11) is 0. The molecule has 1 aliphatic carbocycles. The Bertz CT molecular complexity index is 759. The molecule has 0 heterocycles. The van der Waals surface area contributed by atoms with E-state index in [-0.39, 0.29) is 17.3 Å². The molecule has 0 bridgehead atoms. The second-order valence-corrected chi connectivity index (χ2v) is 7.13. The van der Waals surface area contributed by atoms with Crippen LogP contribution in [0.4, 0.5) is 0 Å². The Morgan fingerprint density at radius 2 is 1.21 bits per heavy atom. The molecule has 33 heavy (non-hydrogen) atoms. The predicted octanol–water partition coefficient (Wildman–Crippen LogP) is 2.36. The summed E-state index contributed by atoms with van der Waals surface area (Å²) in [5, 5.41) is 11.0. The Hall–Kier alpha value is -3.12. The van der Waals surface area contributed by atoms with Crippen molar-refractivity contribution in [2.75, 3.05) is 6.61 Å². The number of carbonyl (C=O) groups is 2. The fourth-order valence-electron chi connectivity index (χ4n) is 2.78. The third kappa shape index (κ3) is 8.73. The van der Waals surface area contributed by atoms with Gasteiger partial charge in [0.25, 0.3) is 0 Å². The van der Waals surface area contributed by atoms with Gasteiger partial charge in [-0.05, 0) is 20.8 Å². The van der Waals surface area contributed by atoms with Crippen LogP contribution in [0.25, 0.3) is 0 Å². The van der Waals surface area contributed by atoms with Crippen LogP contribution in [-0.4, -0.2) is 54.2 Å². The maximum atomic E-state index is 12.0. The van der Waals surface area contributed by atoms with Gasteiger partial charge >= 0.3 is 11.9 Å². The average Bonchev–Trinajstić information content (AvgIpc) is 2.75. The predicted molar refractivity (Wildman–Crippen MR) is 113 cm³/mol. The number of rotatable bonds is 14. The second kappa shape index (κ2) is 13.4. The highest BCUT2D eigenvalue weighted by molar-refractivity contribution is 5.81. The molecule has 0 spiro atoms. The monoisotopic (exact) mass is 470 g/mol. The molecular formula is C22H30O11. The molecule has 0 amide bonds. The van der Waals surface area contributed by atoms with Gasteiger partial charge in [0.05, 0.1) is 5.92 Å². The number of aliphatic hydroxyl groups is 1. The summed E-state index contributed by atoms with van der Waals surface area (Å²) in [5.41, 5.74) is 0. The Kier molecular flexibility index (Phi) is 11.4. The Labute approximate surface area is 192 Å². The summed E-state index contributed by atoms with van der Waals surface area (Å²) < 4.78 is 10.5. The van der Waals surface area contributed by atoms with Gasteiger partial charge in [0.1, 0.15) is 42.2 Å². The highest BCUT2D eigenvalue weighted by Gasteiger charge is 2.57. The van der Waals surface area contributed by atoms with Crippen LogP contribution in [0.15, 0.2) is 62.3 Å². The first kappa shape index (κ1) is 27.9. The van der Waals surface area contributed by atoms with Gasteiger partial charge in [-0.15, -0.1) is 0 Å². The van der Waals surface area contributed by atoms with Crippen LogP contribution in [0.2, 0.25) is 0 Å². The highest BCUT2D eigenvalue weighted by Crippen LogP contribution is 2.36. The molecule has 0 aromatic heterocycles. The van der Waals surface area contributed by atoms with Gasteiger partial charge in [-0.3, -0.25) is 0 Å².